The first-order valence-corrected chi connectivity index (χ1v) is 8.93. The second-order valence-corrected chi connectivity index (χ2v) is 7.79. The molecule has 26 heavy (non-hydrogen) atoms. The van der Waals surface area contributed by atoms with E-state index in [1.165, 1.54) is 0 Å². The summed E-state index contributed by atoms with van der Waals surface area (Å²) in [5.74, 6) is -1.69. The Bertz CT molecular complexity index is 495. The molecule has 150 valence electrons. The van der Waals surface area contributed by atoms with Crippen molar-refractivity contribution in [1.29, 1.82) is 0 Å². The average Bonchev–Trinajstić information content (AvgIpc) is 2.49. The molecule has 1 saturated heterocycles. The van der Waals surface area contributed by atoms with Gasteiger partial charge in [0.15, 0.2) is 0 Å². The van der Waals surface area contributed by atoms with Gasteiger partial charge in [0, 0.05) is 6.61 Å². The number of hydrogen-bond donors (Lipinski definition) is 1. The third-order valence-electron chi connectivity index (χ3n) is 3.77. The van der Waals surface area contributed by atoms with Crippen molar-refractivity contribution in [2.45, 2.75) is 71.4 Å². The van der Waals surface area contributed by atoms with Gasteiger partial charge in [0.2, 0.25) is 0 Å². The van der Waals surface area contributed by atoms with Crippen LogP contribution in [0.15, 0.2) is 12.2 Å². The highest BCUT2D eigenvalue weighted by Crippen LogP contribution is 2.20. The molecular weight excluding hydrogens is 340 g/mol. The second kappa shape index (κ2) is 10.0. The quantitative estimate of drug-likeness (QED) is 0.583. The first-order valence-electron chi connectivity index (χ1n) is 8.93. The van der Waals surface area contributed by atoms with Gasteiger partial charge in [0.05, 0.1) is 25.6 Å². The Morgan fingerprint density at radius 2 is 2.04 bits per heavy atom. The van der Waals surface area contributed by atoms with Crippen LogP contribution in [0.25, 0.3) is 0 Å². The Morgan fingerprint density at radius 3 is 2.62 bits per heavy atom. The molecule has 0 unspecified atom stereocenters. The first kappa shape index (κ1) is 22.6. The molecule has 0 amide bonds. The Kier molecular flexibility index (Phi) is 8.73. The molecular formula is C19H32O7. The van der Waals surface area contributed by atoms with Crippen LogP contribution in [0.3, 0.4) is 0 Å². The summed E-state index contributed by atoms with van der Waals surface area (Å²) in [7, 11) is 0. The number of aliphatic hydroxyl groups is 1. The van der Waals surface area contributed by atoms with Gasteiger partial charge in [-0.15, -0.1) is 0 Å². The highest BCUT2D eigenvalue weighted by atomic mass is 16.6. The number of carbonyl (C=O) groups excluding carboxylic acids is 2. The maximum absolute atomic E-state index is 12.4. The molecule has 0 aliphatic carbocycles. The van der Waals surface area contributed by atoms with E-state index in [1.807, 2.05) is 6.92 Å². The van der Waals surface area contributed by atoms with Crippen LogP contribution >= 0.6 is 0 Å². The van der Waals surface area contributed by atoms with Crippen molar-refractivity contribution >= 4 is 11.9 Å². The number of aliphatic hydroxyl groups excluding tert-OH is 1. The topological polar surface area (TPSA) is 91.3 Å². The van der Waals surface area contributed by atoms with Crippen LogP contribution in [0.5, 0.6) is 0 Å². The average molecular weight is 372 g/mol. The lowest BCUT2D eigenvalue weighted by Crippen LogP contribution is -2.44. The highest BCUT2D eigenvalue weighted by Gasteiger charge is 2.33. The summed E-state index contributed by atoms with van der Waals surface area (Å²) in [6.45, 7) is 13.2. The van der Waals surface area contributed by atoms with Gasteiger partial charge >= 0.3 is 11.9 Å². The number of esters is 2. The molecule has 0 aromatic carbocycles. The summed E-state index contributed by atoms with van der Waals surface area (Å²) in [6, 6.07) is 0. The Balaban J connectivity index is 2.72. The number of cyclic esters (lactones) is 1. The number of hydrogen-bond acceptors (Lipinski definition) is 7. The van der Waals surface area contributed by atoms with E-state index in [-0.39, 0.29) is 26.2 Å². The second-order valence-electron chi connectivity index (χ2n) is 7.79. The molecule has 0 aromatic rings. The molecule has 0 bridgehead atoms. The summed E-state index contributed by atoms with van der Waals surface area (Å²) in [5.41, 5.74) is 0.196. The molecule has 0 spiro atoms. The predicted molar refractivity (Wildman–Crippen MR) is 95.5 cm³/mol. The van der Waals surface area contributed by atoms with Gasteiger partial charge in [-0.05, 0) is 41.0 Å². The molecule has 1 aliphatic rings. The largest absolute Gasteiger partial charge is 0.460 e. The molecule has 1 heterocycles. The van der Waals surface area contributed by atoms with Gasteiger partial charge in [0.1, 0.15) is 23.9 Å². The molecule has 1 fully saturated rings. The maximum atomic E-state index is 12.4. The summed E-state index contributed by atoms with van der Waals surface area (Å²) < 4.78 is 21.8. The number of carbonyl (C=O) groups is 2. The van der Waals surface area contributed by atoms with E-state index < -0.39 is 41.8 Å². The van der Waals surface area contributed by atoms with Gasteiger partial charge < -0.3 is 24.1 Å². The Labute approximate surface area is 155 Å². The molecule has 1 N–H and O–H groups in total. The van der Waals surface area contributed by atoms with Crippen molar-refractivity contribution < 1.29 is 33.6 Å². The Hall–Kier alpha value is -1.44. The minimum Gasteiger partial charge on any atom is -0.460 e. The molecule has 7 heteroatoms. The fraction of sp³-hybridized carbons (Fsp3) is 0.789. The summed E-state index contributed by atoms with van der Waals surface area (Å²) in [4.78, 5) is 24.4. The van der Waals surface area contributed by atoms with Gasteiger partial charge in [-0.3, -0.25) is 9.59 Å². The van der Waals surface area contributed by atoms with Crippen LogP contribution in [0.1, 0.15) is 47.5 Å². The minimum atomic E-state index is -1.04. The molecule has 0 radical (unpaired) electrons. The van der Waals surface area contributed by atoms with Crippen molar-refractivity contribution in [2.24, 2.45) is 5.92 Å². The van der Waals surface area contributed by atoms with Gasteiger partial charge in [-0.1, -0.05) is 12.2 Å². The van der Waals surface area contributed by atoms with Crippen LogP contribution in [0.4, 0.5) is 0 Å². The van der Waals surface area contributed by atoms with Crippen molar-refractivity contribution in [3.05, 3.63) is 12.2 Å². The van der Waals surface area contributed by atoms with Crippen LogP contribution < -0.4 is 0 Å². The summed E-state index contributed by atoms with van der Waals surface area (Å²) >= 11 is 0. The van der Waals surface area contributed by atoms with Crippen LogP contribution in [0, 0.1) is 5.92 Å². The van der Waals surface area contributed by atoms with Crippen LogP contribution in [0.2, 0.25) is 0 Å². The van der Waals surface area contributed by atoms with E-state index in [0.29, 0.717) is 6.42 Å². The van der Waals surface area contributed by atoms with E-state index >= 15 is 0 Å². The van der Waals surface area contributed by atoms with Gasteiger partial charge in [0.25, 0.3) is 0 Å². The molecule has 0 aromatic heterocycles. The van der Waals surface area contributed by atoms with E-state index in [1.54, 1.807) is 27.7 Å². The normalized spacial score (nSPS) is 28.2. The minimum absolute atomic E-state index is 0.0855. The fourth-order valence-electron chi connectivity index (χ4n) is 2.46. The lowest BCUT2D eigenvalue weighted by Gasteiger charge is -2.30. The zero-order chi connectivity index (χ0) is 19.9. The van der Waals surface area contributed by atoms with Gasteiger partial charge in [-0.25, -0.2) is 0 Å². The van der Waals surface area contributed by atoms with E-state index in [0.717, 1.165) is 5.57 Å². The molecule has 1 rings (SSSR count). The van der Waals surface area contributed by atoms with E-state index in [4.69, 9.17) is 18.9 Å². The van der Waals surface area contributed by atoms with Crippen molar-refractivity contribution in [2.75, 3.05) is 19.8 Å². The lowest BCUT2D eigenvalue weighted by molar-refractivity contribution is -0.176. The third kappa shape index (κ3) is 8.29. The molecule has 1 aliphatic heterocycles. The standard InChI is InChI=1S/C19H32O7/c1-12(2)10-24-15-11-23-8-7-14(9-16(20)26-19(4,5)6)18(22)25-13(3)17(15)21/h13-15,17,21H,1,7-11H2,2-6H3/t13-,14+,15-,17-/m0/s1. The van der Waals surface area contributed by atoms with Crippen LogP contribution in [-0.4, -0.2) is 60.8 Å². The van der Waals surface area contributed by atoms with E-state index in [9.17, 15) is 14.7 Å². The monoisotopic (exact) mass is 372 g/mol. The van der Waals surface area contributed by atoms with Gasteiger partial charge in [-0.2, -0.15) is 0 Å². The molecule has 7 nitrogen and oxygen atoms in total. The fourth-order valence-corrected chi connectivity index (χ4v) is 2.46. The van der Waals surface area contributed by atoms with Crippen molar-refractivity contribution in [3.8, 4) is 0 Å². The smallest absolute Gasteiger partial charge is 0.309 e. The Morgan fingerprint density at radius 1 is 1.38 bits per heavy atom. The third-order valence-corrected chi connectivity index (χ3v) is 3.77. The number of rotatable bonds is 5. The summed E-state index contributed by atoms with van der Waals surface area (Å²) in [5, 5.41) is 10.4. The first-order chi connectivity index (χ1) is 12.0. The SMILES string of the molecule is C=C(C)CO[C@H]1COCC[C@H](CC(=O)OC(C)(C)C)C(=O)O[C@@H](C)[C@@H]1O. The van der Waals surface area contributed by atoms with Crippen molar-refractivity contribution in [3.63, 3.8) is 0 Å². The zero-order valence-electron chi connectivity index (χ0n) is 16.4. The lowest BCUT2D eigenvalue weighted by atomic mass is 10.0. The van der Waals surface area contributed by atoms with Crippen LogP contribution in [-0.2, 0) is 28.5 Å². The summed E-state index contributed by atoms with van der Waals surface area (Å²) in [6.07, 6.45) is -2.22. The highest BCUT2D eigenvalue weighted by molar-refractivity contribution is 5.80. The predicted octanol–water partition coefficient (Wildman–Crippen LogP) is 2.01. The zero-order valence-corrected chi connectivity index (χ0v) is 16.4. The molecule has 0 saturated carbocycles. The number of ether oxygens (including phenoxy) is 4. The van der Waals surface area contributed by atoms with E-state index in [2.05, 4.69) is 6.58 Å². The molecule has 4 atom stereocenters. The van der Waals surface area contributed by atoms with Crippen molar-refractivity contribution in [1.82, 2.24) is 0 Å². The maximum Gasteiger partial charge on any atom is 0.309 e.